The molecule has 0 radical (unpaired) electrons. The van der Waals surface area contributed by atoms with Crippen LogP contribution in [-0.2, 0) is 6.42 Å². The zero-order chi connectivity index (χ0) is 23.7. The third-order valence-electron chi connectivity index (χ3n) is 6.31. The van der Waals surface area contributed by atoms with E-state index in [1.165, 1.54) is 16.7 Å². The normalized spacial score (nSPS) is 15.9. The Bertz CT molecular complexity index is 1280. The minimum Gasteiger partial charge on any atom is -0.489 e. The number of aromatic nitrogens is 2. The zero-order valence-electron chi connectivity index (χ0n) is 19.8. The van der Waals surface area contributed by atoms with E-state index in [0.29, 0.717) is 29.2 Å². The number of benzene rings is 3. The van der Waals surface area contributed by atoms with E-state index in [9.17, 15) is 0 Å². The van der Waals surface area contributed by atoms with E-state index < -0.39 is 0 Å². The van der Waals surface area contributed by atoms with Gasteiger partial charge in [0.15, 0.2) is 0 Å². The van der Waals surface area contributed by atoms with Gasteiger partial charge in [-0.05, 0) is 68.5 Å². The number of nitrogen functional groups attached to an aromatic ring is 1. The van der Waals surface area contributed by atoms with Crippen molar-refractivity contribution in [3.05, 3.63) is 83.4 Å². The molecule has 3 aromatic carbocycles. The number of anilines is 1. The Morgan fingerprint density at radius 1 is 1.03 bits per heavy atom. The summed E-state index contributed by atoms with van der Waals surface area (Å²) in [7, 11) is 0. The topological polar surface area (TPSA) is 86.2 Å². The van der Waals surface area contributed by atoms with Crippen LogP contribution >= 0.6 is 0 Å². The Morgan fingerprint density at radius 3 is 2.62 bits per heavy atom. The molecule has 1 aromatic heterocycles. The van der Waals surface area contributed by atoms with Crippen molar-refractivity contribution in [2.24, 2.45) is 0 Å². The molecule has 1 aliphatic carbocycles. The minimum atomic E-state index is 0.0531. The van der Waals surface area contributed by atoms with Gasteiger partial charge in [0.2, 0.25) is 5.82 Å². The van der Waals surface area contributed by atoms with E-state index >= 15 is 0 Å². The van der Waals surface area contributed by atoms with Crippen molar-refractivity contribution >= 4 is 5.69 Å². The molecule has 0 unspecified atom stereocenters. The first-order valence-electron chi connectivity index (χ1n) is 11.8. The van der Waals surface area contributed by atoms with Crippen LogP contribution < -0.4 is 15.8 Å². The third-order valence-corrected chi connectivity index (χ3v) is 6.31. The van der Waals surface area contributed by atoms with Crippen molar-refractivity contribution in [2.45, 2.75) is 51.8 Å². The molecule has 174 valence electrons. The molecule has 0 amide bonds. The third kappa shape index (κ3) is 4.41. The summed E-state index contributed by atoms with van der Waals surface area (Å²) in [6.45, 7) is 6.16. The van der Waals surface area contributed by atoms with Gasteiger partial charge in [-0.2, -0.15) is 4.98 Å². The summed E-state index contributed by atoms with van der Waals surface area (Å²) >= 11 is 0. The number of hydrogen-bond acceptors (Lipinski definition) is 6. The van der Waals surface area contributed by atoms with Crippen LogP contribution in [-0.4, -0.2) is 16.2 Å². The van der Waals surface area contributed by atoms with Gasteiger partial charge in [-0.3, -0.25) is 0 Å². The summed E-state index contributed by atoms with van der Waals surface area (Å²) in [5.74, 6) is 1.70. The first-order valence-corrected chi connectivity index (χ1v) is 11.8. The number of fused-ring (bicyclic) bond motifs is 1. The van der Waals surface area contributed by atoms with Crippen molar-refractivity contribution < 1.29 is 9.26 Å². The van der Waals surface area contributed by atoms with Gasteiger partial charge in [0, 0.05) is 23.2 Å². The largest absolute Gasteiger partial charge is 0.489 e. The van der Waals surface area contributed by atoms with E-state index in [4.69, 9.17) is 20.0 Å². The van der Waals surface area contributed by atoms with E-state index in [2.05, 4.69) is 65.9 Å². The quantitative estimate of drug-likeness (QED) is 0.328. The van der Waals surface area contributed by atoms with Crippen LogP contribution in [0.15, 0.2) is 71.3 Å². The SMILES string of the molecule is CC(C)Oc1ccc(-c2nc(-c3cccc4c3CC[C@@H]4N[C@H](C)c3ccccc3)no2)cc1N. The molecule has 0 saturated heterocycles. The van der Waals surface area contributed by atoms with Gasteiger partial charge in [-0.1, -0.05) is 53.7 Å². The van der Waals surface area contributed by atoms with Crippen molar-refractivity contribution in [1.29, 1.82) is 0 Å². The maximum Gasteiger partial charge on any atom is 0.258 e. The van der Waals surface area contributed by atoms with Gasteiger partial charge < -0.3 is 20.3 Å². The average Bonchev–Trinajstić information content (AvgIpc) is 3.48. The molecule has 0 saturated carbocycles. The van der Waals surface area contributed by atoms with Gasteiger partial charge in [-0.25, -0.2) is 0 Å². The van der Waals surface area contributed by atoms with Crippen LogP contribution in [0.25, 0.3) is 22.8 Å². The minimum absolute atomic E-state index is 0.0531. The molecule has 0 bridgehead atoms. The van der Waals surface area contributed by atoms with E-state index in [-0.39, 0.29) is 12.1 Å². The van der Waals surface area contributed by atoms with Gasteiger partial charge in [0.05, 0.1) is 11.8 Å². The second-order valence-corrected chi connectivity index (χ2v) is 9.11. The van der Waals surface area contributed by atoms with Crippen molar-refractivity contribution in [1.82, 2.24) is 15.5 Å². The number of rotatable bonds is 7. The maximum atomic E-state index is 6.17. The van der Waals surface area contributed by atoms with Crippen LogP contribution in [0.1, 0.15) is 56.0 Å². The maximum absolute atomic E-state index is 6.17. The number of ether oxygens (including phenoxy) is 1. The second kappa shape index (κ2) is 9.31. The average molecular weight is 455 g/mol. The van der Waals surface area contributed by atoms with Gasteiger partial charge in [-0.15, -0.1) is 0 Å². The van der Waals surface area contributed by atoms with E-state index in [1.54, 1.807) is 0 Å². The lowest BCUT2D eigenvalue weighted by atomic mass is 10.0. The van der Waals surface area contributed by atoms with Crippen LogP contribution in [0.2, 0.25) is 0 Å². The lowest BCUT2D eigenvalue weighted by Crippen LogP contribution is -2.22. The molecule has 0 spiro atoms. The Hall–Kier alpha value is -3.64. The molecule has 0 fully saturated rings. The highest BCUT2D eigenvalue weighted by Gasteiger charge is 2.27. The molecule has 5 rings (SSSR count). The molecule has 0 aliphatic heterocycles. The van der Waals surface area contributed by atoms with Gasteiger partial charge in [0.1, 0.15) is 5.75 Å². The molecule has 6 nitrogen and oxygen atoms in total. The number of nitrogens with two attached hydrogens (primary N) is 1. The summed E-state index contributed by atoms with van der Waals surface area (Å²) in [5.41, 5.74) is 12.4. The first kappa shape index (κ1) is 22.2. The first-order chi connectivity index (χ1) is 16.5. The van der Waals surface area contributed by atoms with Gasteiger partial charge >= 0.3 is 0 Å². The molecule has 4 aromatic rings. The number of hydrogen-bond donors (Lipinski definition) is 2. The highest BCUT2D eigenvalue weighted by Crippen LogP contribution is 2.38. The molecule has 6 heteroatoms. The van der Waals surface area contributed by atoms with Crippen LogP contribution in [0, 0.1) is 0 Å². The Kier molecular flexibility index (Phi) is 6.07. The van der Waals surface area contributed by atoms with E-state index in [1.807, 2.05) is 32.0 Å². The fraction of sp³-hybridized carbons (Fsp3) is 0.286. The standard InChI is InChI=1S/C28H30N4O2/c1-17(2)33-26-15-12-20(16-24(26)29)28-31-27(32-34-28)23-11-7-10-22-21(23)13-14-25(22)30-18(3)19-8-5-4-6-9-19/h4-12,15-18,25,30H,13-14,29H2,1-3H3/t18-,25+/m1/s1. The summed E-state index contributed by atoms with van der Waals surface area (Å²) in [4.78, 5) is 4.70. The fourth-order valence-corrected chi connectivity index (χ4v) is 4.67. The predicted octanol–water partition coefficient (Wildman–Crippen LogP) is 6.11. The highest BCUT2D eigenvalue weighted by molar-refractivity contribution is 5.69. The molecular weight excluding hydrogens is 424 g/mol. The number of nitrogens with zero attached hydrogens (tertiary/aromatic N) is 2. The molecule has 2 atom stereocenters. The molecule has 3 N–H and O–H groups in total. The highest BCUT2D eigenvalue weighted by atomic mass is 16.5. The smallest absolute Gasteiger partial charge is 0.258 e. The van der Waals surface area contributed by atoms with Crippen LogP contribution in [0.4, 0.5) is 5.69 Å². The molecule has 34 heavy (non-hydrogen) atoms. The van der Waals surface area contributed by atoms with Crippen molar-refractivity contribution in [2.75, 3.05) is 5.73 Å². The number of nitrogens with one attached hydrogen (secondary N) is 1. The Balaban J connectivity index is 1.38. The monoisotopic (exact) mass is 454 g/mol. The Morgan fingerprint density at radius 2 is 1.85 bits per heavy atom. The summed E-state index contributed by atoms with van der Waals surface area (Å²) in [5, 5.41) is 8.09. The van der Waals surface area contributed by atoms with E-state index in [0.717, 1.165) is 24.0 Å². The second-order valence-electron chi connectivity index (χ2n) is 9.11. The lowest BCUT2D eigenvalue weighted by molar-refractivity contribution is 0.244. The molecule has 1 aliphatic rings. The molecule has 1 heterocycles. The molecular formula is C28H30N4O2. The summed E-state index contributed by atoms with van der Waals surface area (Å²) in [6, 6.07) is 23.0. The Labute approximate surface area is 200 Å². The summed E-state index contributed by atoms with van der Waals surface area (Å²) in [6.07, 6.45) is 2.07. The van der Waals surface area contributed by atoms with Crippen LogP contribution in [0.3, 0.4) is 0 Å². The lowest BCUT2D eigenvalue weighted by Gasteiger charge is -2.21. The van der Waals surface area contributed by atoms with Gasteiger partial charge in [0.25, 0.3) is 5.89 Å². The summed E-state index contributed by atoms with van der Waals surface area (Å²) < 4.78 is 11.3. The fourth-order valence-electron chi connectivity index (χ4n) is 4.67. The zero-order valence-corrected chi connectivity index (χ0v) is 19.8. The van der Waals surface area contributed by atoms with Crippen molar-refractivity contribution in [3.63, 3.8) is 0 Å². The van der Waals surface area contributed by atoms with Crippen molar-refractivity contribution in [3.8, 4) is 28.6 Å². The predicted molar refractivity (Wildman–Crippen MR) is 134 cm³/mol. The van der Waals surface area contributed by atoms with Crippen LogP contribution in [0.5, 0.6) is 5.75 Å².